The first-order valence-electron chi connectivity index (χ1n) is 16.9. The molecule has 4 bridgehead atoms. The fourth-order valence-corrected chi connectivity index (χ4v) is 9.01. The average molecular weight is 665 g/mol. The Morgan fingerprint density at radius 2 is 1.31 bits per heavy atom. The van der Waals surface area contributed by atoms with Gasteiger partial charge in [-0.15, -0.1) is 0 Å². The van der Waals surface area contributed by atoms with Crippen LogP contribution in [0.3, 0.4) is 0 Å². The molecule has 4 fully saturated rings. The molecule has 11 nitrogen and oxygen atoms in total. The second-order valence-corrected chi connectivity index (χ2v) is 16.4. The molecule has 1 aromatic carbocycles. The average Bonchev–Trinajstić information content (AvgIpc) is 3.46. The van der Waals surface area contributed by atoms with Gasteiger partial charge in [-0.2, -0.15) is 0 Å². The van der Waals surface area contributed by atoms with Crippen LogP contribution in [0.25, 0.3) is 11.0 Å². The van der Waals surface area contributed by atoms with E-state index in [1.807, 2.05) is 34.6 Å². The van der Waals surface area contributed by atoms with E-state index >= 15 is 0 Å². The van der Waals surface area contributed by atoms with Gasteiger partial charge >= 0.3 is 23.9 Å². The largest absolute Gasteiger partial charge is 0.483 e. The molecule has 6 atom stereocenters. The smallest absolute Gasteiger partial charge is 0.351 e. The molecule has 11 heteroatoms. The Balaban J connectivity index is 1.38. The van der Waals surface area contributed by atoms with E-state index in [1.54, 1.807) is 39.8 Å². The zero-order valence-corrected chi connectivity index (χ0v) is 29.1. The molecule has 48 heavy (non-hydrogen) atoms. The van der Waals surface area contributed by atoms with Crippen molar-refractivity contribution in [1.29, 1.82) is 0 Å². The Hall–Kier alpha value is -3.89. The van der Waals surface area contributed by atoms with E-state index in [0.717, 1.165) is 0 Å². The molecule has 0 unspecified atom stereocenters. The molecule has 2 saturated carbocycles. The Bertz CT molecular complexity index is 1870. The van der Waals surface area contributed by atoms with Gasteiger partial charge in [-0.05, 0) is 71.9 Å². The maximum absolute atomic E-state index is 14.5. The van der Waals surface area contributed by atoms with E-state index in [2.05, 4.69) is 0 Å². The Labute approximate surface area is 278 Å². The summed E-state index contributed by atoms with van der Waals surface area (Å²) in [6.07, 6.45) is -0.0693. The molecule has 3 aliphatic heterocycles. The quantitative estimate of drug-likeness (QED) is 0.279. The number of hydrogen-bond donors (Lipinski definition) is 0. The standard InChI is InChI=1S/C37H44O11/c1-10-11-19-18-21(38)20-12-13-22-23(24(20)43-19)25(44-29(41)36-16-14-34(8,27(39)47-36)32(36,4)5)26(31(2,3)46-22)45-30(42)37-17-15-35(9,28(40)48-37)33(37,6)7/h12-13,18,25-26H,10-11,14-17H2,1-9H3/t25-,26-,34+,35+,36-,37-/m1/s1. The second-order valence-electron chi connectivity index (χ2n) is 16.4. The van der Waals surface area contributed by atoms with Crippen molar-refractivity contribution >= 4 is 34.8 Å². The Kier molecular flexibility index (Phi) is 6.55. The van der Waals surface area contributed by atoms with Crippen LogP contribution < -0.4 is 10.2 Å². The highest BCUT2D eigenvalue weighted by Crippen LogP contribution is 2.67. The molecule has 0 N–H and O–H groups in total. The summed E-state index contributed by atoms with van der Waals surface area (Å²) >= 11 is 0. The number of esters is 4. The number of aryl methyl sites for hydroxylation is 1. The van der Waals surface area contributed by atoms with Crippen LogP contribution in [0, 0.1) is 21.7 Å². The lowest BCUT2D eigenvalue weighted by atomic mass is 9.66. The predicted molar refractivity (Wildman–Crippen MR) is 170 cm³/mol. The van der Waals surface area contributed by atoms with Crippen molar-refractivity contribution in [1.82, 2.24) is 0 Å². The summed E-state index contributed by atoms with van der Waals surface area (Å²) in [7, 11) is 0. The lowest BCUT2D eigenvalue weighted by Gasteiger charge is -2.45. The van der Waals surface area contributed by atoms with Gasteiger partial charge in [0.25, 0.3) is 0 Å². The van der Waals surface area contributed by atoms with Gasteiger partial charge in [-0.1, -0.05) is 34.6 Å². The van der Waals surface area contributed by atoms with E-state index in [4.69, 9.17) is 28.1 Å². The monoisotopic (exact) mass is 664 g/mol. The topological polar surface area (TPSA) is 145 Å². The number of carbonyl (C=O) groups is 4. The van der Waals surface area contributed by atoms with Gasteiger partial charge in [0.2, 0.25) is 11.2 Å². The maximum atomic E-state index is 14.5. The number of fused-ring (bicyclic) bond motifs is 7. The molecule has 5 aliphatic rings. The van der Waals surface area contributed by atoms with Crippen LogP contribution in [0.2, 0.25) is 0 Å². The van der Waals surface area contributed by atoms with Crippen LogP contribution >= 0.6 is 0 Å². The number of benzene rings is 1. The van der Waals surface area contributed by atoms with E-state index in [-0.39, 0.29) is 40.6 Å². The molecular weight excluding hydrogens is 620 g/mol. The first-order valence-corrected chi connectivity index (χ1v) is 16.9. The molecule has 0 amide bonds. The van der Waals surface area contributed by atoms with Crippen LogP contribution in [-0.2, 0) is 44.5 Å². The summed E-state index contributed by atoms with van der Waals surface area (Å²) in [5, 5.41) is 0.235. The lowest BCUT2D eigenvalue weighted by Crippen LogP contribution is -2.57. The van der Waals surface area contributed by atoms with Crippen molar-refractivity contribution in [3.8, 4) is 5.75 Å². The molecular formula is C37H44O11. The predicted octanol–water partition coefficient (Wildman–Crippen LogP) is 5.66. The minimum Gasteiger partial charge on any atom is -0.483 e. The van der Waals surface area contributed by atoms with Crippen LogP contribution in [0.15, 0.2) is 27.4 Å². The summed E-state index contributed by atoms with van der Waals surface area (Å²) in [6, 6.07) is 4.65. The summed E-state index contributed by atoms with van der Waals surface area (Å²) in [4.78, 5) is 68.5. The fraction of sp³-hybridized carbons (Fsp3) is 0.649. The zero-order chi connectivity index (χ0) is 35.0. The summed E-state index contributed by atoms with van der Waals surface area (Å²) < 4.78 is 37.3. The zero-order valence-electron chi connectivity index (χ0n) is 29.1. The van der Waals surface area contributed by atoms with Crippen LogP contribution in [0.1, 0.15) is 112 Å². The Morgan fingerprint density at radius 3 is 1.79 bits per heavy atom. The van der Waals surface area contributed by atoms with Gasteiger partial charge in [0.05, 0.1) is 21.8 Å². The highest BCUT2D eigenvalue weighted by Gasteiger charge is 2.78. The third-order valence-corrected chi connectivity index (χ3v) is 13.4. The van der Waals surface area contributed by atoms with Crippen LogP contribution in [0.4, 0.5) is 0 Å². The molecule has 2 aromatic rings. The summed E-state index contributed by atoms with van der Waals surface area (Å²) in [6.45, 7) is 16.3. The second kappa shape index (κ2) is 9.63. The third-order valence-electron chi connectivity index (χ3n) is 13.4. The highest BCUT2D eigenvalue weighted by molar-refractivity contribution is 5.95. The highest BCUT2D eigenvalue weighted by atomic mass is 16.7. The van der Waals surface area contributed by atoms with E-state index in [9.17, 15) is 24.0 Å². The minimum atomic E-state index is -1.59. The first-order chi connectivity index (χ1) is 22.2. The number of ether oxygens (including phenoxy) is 5. The van der Waals surface area contributed by atoms with Crippen molar-refractivity contribution < 1.29 is 47.3 Å². The molecule has 2 aliphatic carbocycles. The molecule has 2 saturated heterocycles. The maximum Gasteiger partial charge on any atom is 0.351 e. The van der Waals surface area contributed by atoms with Gasteiger partial charge in [0.15, 0.2) is 17.6 Å². The van der Waals surface area contributed by atoms with Gasteiger partial charge in [-0.3, -0.25) is 14.4 Å². The van der Waals surface area contributed by atoms with Crippen LogP contribution in [-0.4, -0.2) is 46.8 Å². The summed E-state index contributed by atoms with van der Waals surface area (Å²) in [5.41, 5.74) is -7.97. The van der Waals surface area contributed by atoms with Crippen molar-refractivity contribution in [3.63, 3.8) is 0 Å². The number of carbonyl (C=O) groups excluding carboxylic acids is 4. The molecule has 258 valence electrons. The normalized spacial score (nSPS) is 36.3. The van der Waals surface area contributed by atoms with Gasteiger partial charge < -0.3 is 28.1 Å². The van der Waals surface area contributed by atoms with Crippen LogP contribution in [0.5, 0.6) is 5.75 Å². The molecule has 0 spiro atoms. The molecule has 1 aromatic heterocycles. The molecule has 0 radical (unpaired) electrons. The number of hydrogen-bond acceptors (Lipinski definition) is 11. The SMILES string of the molecule is CCCc1cc(=O)c2ccc3c(c2o1)[C@@H](OC(=O)[C@@]12CC[C@@](C)(C(=O)O1)C2(C)C)[C@@H](OC(=O)[C@@]12CC[C@@](C)(C(=O)O1)C2(C)C)C(C)(C)O3. The minimum absolute atomic E-state index is 0.147. The van der Waals surface area contributed by atoms with E-state index in [0.29, 0.717) is 31.4 Å². The first kappa shape index (κ1) is 32.6. The summed E-state index contributed by atoms with van der Waals surface area (Å²) in [5.74, 6) is -1.79. The van der Waals surface area contributed by atoms with Crippen molar-refractivity contribution in [2.24, 2.45) is 21.7 Å². The number of rotatable bonds is 6. The van der Waals surface area contributed by atoms with Crippen molar-refractivity contribution in [2.45, 2.75) is 130 Å². The lowest BCUT2D eigenvalue weighted by molar-refractivity contribution is -0.217. The van der Waals surface area contributed by atoms with Crippen molar-refractivity contribution in [2.75, 3.05) is 0 Å². The van der Waals surface area contributed by atoms with Crippen molar-refractivity contribution in [3.05, 3.63) is 39.7 Å². The van der Waals surface area contributed by atoms with Gasteiger partial charge in [0.1, 0.15) is 22.7 Å². The third kappa shape index (κ3) is 3.68. The van der Waals surface area contributed by atoms with Gasteiger partial charge in [-0.25, -0.2) is 9.59 Å². The Morgan fingerprint density at radius 1 is 0.771 bits per heavy atom. The van der Waals surface area contributed by atoms with E-state index in [1.165, 1.54) is 6.07 Å². The molecule has 4 heterocycles. The molecule has 7 rings (SSSR count). The van der Waals surface area contributed by atoms with Gasteiger partial charge in [0, 0.05) is 23.3 Å². The van der Waals surface area contributed by atoms with E-state index < -0.39 is 74.5 Å². The fourth-order valence-electron chi connectivity index (χ4n) is 9.01.